The minimum atomic E-state index is -0.720. The Hall–Kier alpha value is -8.81. The Morgan fingerprint density at radius 2 is 0.894 bits per heavy atom. The minimum Gasteiger partial charge on any atom is -0.462 e. The number of halogens is 10. The van der Waals surface area contributed by atoms with E-state index in [1.54, 1.807) is 105 Å². The van der Waals surface area contributed by atoms with Gasteiger partial charge in [0.05, 0.1) is 110 Å². The van der Waals surface area contributed by atoms with E-state index in [1.165, 1.54) is 71.7 Å². The number of fused-ring (bicyclic) bond motifs is 3. The van der Waals surface area contributed by atoms with Gasteiger partial charge in [-0.05, 0) is 159 Å². The number of nitrogens with zero attached hydrogens (tertiary/aromatic N) is 8. The lowest BCUT2D eigenvalue weighted by molar-refractivity contribution is 0.0510. The zero-order valence-corrected chi connectivity index (χ0v) is 68.7. The van der Waals surface area contributed by atoms with Gasteiger partial charge in [-0.2, -0.15) is 15.3 Å². The average Bonchev–Trinajstić information content (AvgIpc) is 1.58. The van der Waals surface area contributed by atoms with Crippen molar-refractivity contribution in [3.63, 3.8) is 0 Å². The molecule has 32 heteroatoms. The summed E-state index contributed by atoms with van der Waals surface area (Å²) in [6.07, 6.45) is 16.6. The third kappa shape index (κ3) is 18.6. The van der Waals surface area contributed by atoms with Crippen LogP contribution in [0.4, 0.5) is 31.1 Å². The number of carbonyl (C=O) groups excluding carboxylic acids is 4. The Morgan fingerprint density at radius 1 is 0.531 bits per heavy atom. The van der Waals surface area contributed by atoms with E-state index in [0.717, 1.165) is 94.3 Å². The number of amides is 1. The molecule has 6 heterocycles. The van der Waals surface area contributed by atoms with Gasteiger partial charge in [0.25, 0.3) is 0 Å². The van der Waals surface area contributed by atoms with Crippen molar-refractivity contribution in [1.82, 2.24) is 48.8 Å². The van der Waals surface area contributed by atoms with Crippen LogP contribution in [-0.4, -0.2) is 111 Å². The summed E-state index contributed by atoms with van der Waals surface area (Å²) in [5.74, 6) is -5.15. The molecule has 0 bridgehead atoms. The van der Waals surface area contributed by atoms with Crippen LogP contribution in [0.2, 0.25) is 15.1 Å². The molecule has 3 fully saturated rings. The summed E-state index contributed by atoms with van der Waals surface area (Å²) in [7, 11) is 0. The van der Waals surface area contributed by atoms with Gasteiger partial charge in [0, 0.05) is 124 Å². The maximum Gasteiger partial charge on any atom is 0.407 e. The highest BCUT2D eigenvalue weighted by molar-refractivity contribution is 9.09. The first-order chi connectivity index (χ1) is 54.3. The van der Waals surface area contributed by atoms with Crippen molar-refractivity contribution in [2.24, 2.45) is 5.73 Å². The fourth-order valence-corrected chi connectivity index (χ4v) is 17.0. The maximum absolute atomic E-state index is 15.5. The number of alkyl halides is 1. The molecule has 3 aliphatic rings. The first-order valence-electron chi connectivity index (χ1n) is 36.6. The molecule has 6 aromatic carbocycles. The fraction of sp³-hybridized carbons (Fsp3) is 0.321. The van der Waals surface area contributed by atoms with E-state index in [1.807, 2.05) is 51.5 Å². The summed E-state index contributed by atoms with van der Waals surface area (Å²) < 4.78 is 121. The van der Waals surface area contributed by atoms with Crippen molar-refractivity contribution in [1.29, 1.82) is 0 Å². The molecule has 0 radical (unpaired) electrons. The van der Waals surface area contributed by atoms with Crippen molar-refractivity contribution in [2.45, 2.75) is 159 Å². The number of nitrogens with one attached hydrogen (secondary N) is 2. The highest BCUT2D eigenvalue weighted by Crippen LogP contribution is 2.55. The molecule has 0 unspecified atom stereocenters. The fourth-order valence-electron chi connectivity index (χ4n) is 12.8. The van der Waals surface area contributed by atoms with Crippen molar-refractivity contribution in [2.75, 3.05) is 38.2 Å². The monoisotopic (exact) mass is 1730 g/mol. The molecule has 3 saturated carbocycles. The summed E-state index contributed by atoms with van der Waals surface area (Å²) in [4.78, 5) is 50.5. The van der Waals surface area contributed by atoms with Crippen LogP contribution in [0.5, 0.6) is 0 Å². The smallest absolute Gasteiger partial charge is 0.407 e. The van der Waals surface area contributed by atoms with E-state index < -0.39 is 58.4 Å². The summed E-state index contributed by atoms with van der Waals surface area (Å²) >= 11 is 25.2. The number of aromatic amines is 1. The second-order valence-electron chi connectivity index (χ2n) is 27.4. The number of aromatic nitrogens is 9. The number of H-pyrrole nitrogens is 1. The Balaban J connectivity index is 0.000000147. The van der Waals surface area contributed by atoms with Crippen LogP contribution in [0.15, 0.2) is 158 Å². The van der Waals surface area contributed by atoms with E-state index in [-0.39, 0.29) is 90.1 Å². The SMILES string of the molecule is CC(C)(C)OC(=O)NCCBr.CCCn1cc(-n2c(C3CC3)c(Sc3cccc(C(=O)OCC)c3F)c3ccc(Cl)c(F)c32)cn1.CCOC(=O)c1cccc(Sc2c(C3CC3)n(-c3cn[nH]c3)c3c(F)c(Cl)ccc23)c1F.CCOC(=O)c1cccc(Sc2c(C3CC3)n(-c3cnn(CCN)c3)c3c(F)c(Cl)ccc23)c1F. The average molecular weight is 1730 g/mol. The molecule has 12 aromatic rings. The predicted octanol–water partition coefficient (Wildman–Crippen LogP) is 21.7. The van der Waals surface area contributed by atoms with Crippen LogP contribution in [0.25, 0.3) is 49.8 Å². The third-order valence-corrected chi connectivity index (χ3v) is 22.8. The standard InChI is InChI=1S/C26H24ClF2N3O2S.C25H23ClF2N4O2S.C23H18ClF2N3O2S.C7H14BrNO2/c1-3-12-31-14-16(13-30-31)32-23(15-8-9-15)25(18-10-11-19(27)22(29)24(18)32)35-20-7-5-6-17(21(20)28)26(33)34-4-2;1-2-34-25(33)16-4-3-5-19(20(16)27)35-24-17-8-9-18(26)21(28)23(17)32(22(24)14-6-7-14)15-12-30-31(13-15)11-10-29;1-2-31-23(30)14-4-3-5-17(18(14)25)32-22-15-8-9-16(24)19(26)21(15)29(13-10-27-28-11-13)20(22)12-6-7-12;1-7(2,3)11-6(10)9-5-4-8/h5-7,10-11,13-15H,3-4,8-9,12H2,1-2H3;3-5,8-9,12-14H,2,6-7,10-11,29H2,1H3;3-5,8-12H,2,6-7H2,1H3,(H,27,28);4-5H2,1-3H3,(H,9,10). The number of aryl methyl sites for hydroxylation is 1. The Morgan fingerprint density at radius 3 is 1.20 bits per heavy atom. The van der Waals surface area contributed by atoms with E-state index in [0.29, 0.717) is 63.7 Å². The first kappa shape index (κ1) is 83.6. The molecule has 0 aliphatic heterocycles. The summed E-state index contributed by atoms with van der Waals surface area (Å²) in [5, 5.41) is 20.8. The molecule has 19 nitrogen and oxygen atoms in total. The van der Waals surface area contributed by atoms with Crippen LogP contribution >= 0.6 is 86.0 Å². The molecule has 1 amide bonds. The van der Waals surface area contributed by atoms with Crippen molar-refractivity contribution in [3.8, 4) is 17.1 Å². The Labute approximate surface area is 683 Å². The van der Waals surface area contributed by atoms with Crippen LogP contribution < -0.4 is 11.1 Å². The lowest BCUT2D eigenvalue weighted by atomic mass is 10.2. The molecule has 6 aromatic heterocycles. The number of carbonyl (C=O) groups is 4. The number of benzene rings is 6. The van der Waals surface area contributed by atoms with Gasteiger partial charge >= 0.3 is 24.0 Å². The molecule has 594 valence electrons. The van der Waals surface area contributed by atoms with Gasteiger partial charge in [-0.25, -0.2) is 45.5 Å². The highest BCUT2D eigenvalue weighted by Gasteiger charge is 2.39. The summed E-state index contributed by atoms with van der Waals surface area (Å²) in [6, 6.07) is 23.7. The normalized spacial score (nSPS) is 13.3. The van der Waals surface area contributed by atoms with Gasteiger partial charge in [0.1, 0.15) is 5.60 Å². The lowest BCUT2D eigenvalue weighted by Gasteiger charge is -2.19. The minimum absolute atomic E-state index is 0.0000130. The molecule has 0 saturated heterocycles. The zero-order chi connectivity index (χ0) is 80.7. The van der Waals surface area contributed by atoms with Gasteiger partial charge in [-0.15, -0.1) is 0 Å². The van der Waals surface area contributed by atoms with Gasteiger partial charge in [0.15, 0.2) is 34.9 Å². The molecular weight excluding hydrogens is 1650 g/mol. The molecule has 15 rings (SSSR count). The number of rotatable bonds is 24. The Kier molecular flexibility index (Phi) is 27.2. The van der Waals surface area contributed by atoms with E-state index in [9.17, 15) is 19.2 Å². The summed E-state index contributed by atoms with van der Waals surface area (Å²) in [6.45, 7) is 15.3. The number of hydrogen-bond donors (Lipinski definition) is 3. The van der Waals surface area contributed by atoms with Crippen molar-refractivity contribution >= 4 is 143 Å². The number of hydrogen-bond acceptors (Lipinski definition) is 15. The van der Waals surface area contributed by atoms with Crippen LogP contribution in [0.3, 0.4) is 0 Å². The van der Waals surface area contributed by atoms with E-state index in [4.69, 9.17) is 59.5 Å². The molecular formula is C81H79BrCl3F6N11O8S3. The molecule has 113 heavy (non-hydrogen) atoms. The zero-order valence-electron chi connectivity index (χ0n) is 62.4. The van der Waals surface area contributed by atoms with Gasteiger partial charge in [-0.3, -0.25) is 14.5 Å². The lowest BCUT2D eigenvalue weighted by Crippen LogP contribution is -2.33. The second-order valence-corrected chi connectivity index (χ2v) is 32.5. The highest BCUT2D eigenvalue weighted by atomic mass is 79.9. The van der Waals surface area contributed by atoms with Crippen LogP contribution in [0.1, 0.15) is 159 Å². The second kappa shape index (κ2) is 36.8. The third-order valence-electron chi connectivity index (χ3n) is 18.0. The topological polar surface area (TPSA) is 222 Å². The Bertz CT molecular complexity index is 5310. The predicted molar refractivity (Wildman–Crippen MR) is 431 cm³/mol. The molecule has 3 aliphatic carbocycles. The summed E-state index contributed by atoms with van der Waals surface area (Å²) in [5.41, 5.74) is 10.6. The van der Waals surface area contributed by atoms with E-state index >= 15 is 26.3 Å². The first-order valence-corrected chi connectivity index (χ1v) is 41.3. The number of nitrogens with two attached hydrogens (primary N) is 1. The molecule has 4 N–H and O–H groups in total. The molecule has 0 spiro atoms. The van der Waals surface area contributed by atoms with Crippen molar-refractivity contribution < 1.29 is 64.5 Å². The van der Waals surface area contributed by atoms with Gasteiger partial charge in [0.2, 0.25) is 0 Å². The maximum atomic E-state index is 15.5. The van der Waals surface area contributed by atoms with Crippen molar-refractivity contribution in [3.05, 3.63) is 212 Å². The van der Waals surface area contributed by atoms with E-state index in [2.05, 4.69) is 48.6 Å². The quantitative estimate of drug-likeness (QED) is 0.0221. The largest absolute Gasteiger partial charge is 0.462 e. The van der Waals surface area contributed by atoms with Gasteiger partial charge < -0.3 is 43.7 Å². The number of alkyl carbamates (subject to hydrolysis) is 1. The van der Waals surface area contributed by atoms with Crippen LogP contribution in [0, 0.1) is 34.9 Å². The van der Waals surface area contributed by atoms with Gasteiger partial charge in [-0.1, -0.05) is 111 Å². The molecule has 0 atom stereocenters. The van der Waals surface area contributed by atoms with Crippen LogP contribution in [-0.2, 0) is 32.0 Å². The number of esters is 3. The number of ether oxygens (including phenoxy) is 4.